The zero-order chi connectivity index (χ0) is 12.1. The lowest BCUT2D eigenvalue weighted by atomic mass is 10.2. The number of hydrogen-bond acceptors (Lipinski definition) is 1. The molecule has 17 heavy (non-hydrogen) atoms. The van der Waals surface area contributed by atoms with Gasteiger partial charge in [-0.15, -0.1) is 0 Å². The second-order valence-corrected chi connectivity index (χ2v) is 4.11. The Bertz CT molecular complexity index is 523. The van der Waals surface area contributed by atoms with Crippen molar-refractivity contribution in [3.05, 3.63) is 76.0 Å². The fourth-order valence-corrected chi connectivity index (χ4v) is 1.74. The molecule has 0 atom stereocenters. The van der Waals surface area contributed by atoms with Gasteiger partial charge in [0.05, 0.1) is 5.02 Å². The van der Waals surface area contributed by atoms with Gasteiger partial charge in [0.2, 0.25) is 0 Å². The number of halogens is 1. The molecule has 0 heterocycles. The van der Waals surface area contributed by atoms with E-state index < -0.39 is 0 Å². The highest BCUT2D eigenvalue weighted by Crippen LogP contribution is 2.15. The summed E-state index contributed by atoms with van der Waals surface area (Å²) in [4.78, 5) is 0. The van der Waals surface area contributed by atoms with Crippen LogP contribution in [0.5, 0.6) is 0 Å². The standard InChI is InChI=1S/C14H12ClNO/c15-14-9-5-4-8-13(14)11-16(17)10-12-6-2-1-3-7-12/h1-10H,11H2/b16-10+. The molecule has 0 aromatic heterocycles. The molecular weight excluding hydrogens is 234 g/mol. The zero-order valence-electron chi connectivity index (χ0n) is 9.21. The molecule has 0 N–H and O–H groups in total. The number of benzene rings is 2. The molecule has 0 bridgehead atoms. The van der Waals surface area contributed by atoms with Crippen molar-refractivity contribution in [3.8, 4) is 0 Å². The SMILES string of the molecule is [O-]/[N+](=C/c1ccccc1)Cc1ccccc1Cl. The van der Waals surface area contributed by atoms with Crippen LogP contribution < -0.4 is 0 Å². The summed E-state index contributed by atoms with van der Waals surface area (Å²) in [6.45, 7) is 0.258. The number of rotatable bonds is 3. The smallest absolute Gasteiger partial charge is 0.182 e. The largest absolute Gasteiger partial charge is 0.624 e. The van der Waals surface area contributed by atoms with Gasteiger partial charge >= 0.3 is 0 Å². The maximum Gasteiger partial charge on any atom is 0.182 e. The Kier molecular flexibility index (Phi) is 3.78. The quantitative estimate of drug-likeness (QED) is 0.352. The molecule has 0 radical (unpaired) electrons. The van der Waals surface area contributed by atoms with Gasteiger partial charge in [-0.05, 0) is 18.2 Å². The lowest BCUT2D eigenvalue weighted by Gasteiger charge is -2.05. The molecule has 0 amide bonds. The van der Waals surface area contributed by atoms with Crippen LogP contribution in [-0.4, -0.2) is 11.0 Å². The summed E-state index contributed by atoms with van der Waals surface area (Å²) in [7, 11) is 0. The summed E-state index contributed by atoms with van der Waals surface area (Å²) in [5.74, 6) is 0. The normalized spacial score (nSPS) is 11.5. The van der Waals surface area contributed by atoms with E-state index in [9.17, 15) is 5.21 Å². The summed E-state index contributed by atoms with van der Waals surface area (Å²) in [6.07, 6.45) is 1.56. The van der Waals surface area contributed by atoms with Gasteiger partial charge in [0.15, 0.2) is 12.8 Å². The molecule has 0 aliphatic rings. The van der Waals surface area contributed by atoms with Gasteiger partial charge in [0.25, 0.3) is 0 Å². The first-order valence-electron chi connectivity index (χ1n) is 5.33. The van der Waals surface area contributed by atoms with E-state index in [0.29, 0.717) is 5.02 Å². The molecule has 2 rings (SSSR count). The highest BCUT2D eigenvalue weighted by Gasteiger charge is 2.03. The van der Waals surface area contributed by atoms with Crippen molar-refractivity contribution >= 4 is 17.8 Å². The minimum absolute atomic E-state index is 0.258. The molecule has 2 aromatic rings. The van der Waals surface area contributed by atoms with Crippen LogP contribution >= 0.6 is 11.6 Å². The molecule has 2 aromatic carbocycles. The summed E-state index contributed by atoms with van der Waals surface area (Å²) < 4.78 is 0.885. The fraction of sp³-hybridized carbons (Fsp3) is 0.0714. The predicted molar refractivity (Wildman–Crippen MR) is 70.4 cm³/mol. The zero-order valence-corrected chi connectivity index (χ0v) is 9.97. The Labute approximate surface area is 105 Å². The molecule has 0 saturated carbocycles. The molecule has 0 unspecified atom stereocenters. The molecule has 3 heteroatoms. The molecular formula is C14H12ClNO. The third kappa shape index (κ3) is 3.33. The average molecular weight is 246 g/mol. The molecule has 0 spiro atoms. The highest BCUT2D eigenvalue weighted by molar-refractivity contribution is 6.31. The van der Waals surface area contributed by atoms with E-state index in [1.54, 1.807) is 12.3 Å². The van der Waals surface area contributed by atoms with Crippen molar-refractivity contribution in [2.45, 2.75) is 6.54 Å². The van der Waals surface area contributed by atoms with Crippen LogP contribution in [-0.2, 0) is 6.54 Å². The van der Waals surface area contributed by atoms with Crippen molar-refractivity contribution in [3.63, 3.8) is 0 Å². The monoisotopic (exact) mass is 245 g/mol. The second kappa shape index (κ2) is 5.51. The molecule has 86 valence electrons. The van der Waals surface area contributed by atoms with Crippen molar-refractivity contribution in [1.29, 1.82) is 0 Å². The Balaban J connectivity index is 2.15. The van der Waals surface area contributed by atoms with Crippen LogP contribution in [0.15, 0.2) is 54.6 Å². The highest BCUT2D eigenvalue weighted by atomic mass is 35.5. The average Bonchev–Trinajstić information content (AvgIpc) is 2.33. The second-order valence-electron chi connectivity index (χ2n) is 3.71. The van der Waals surface area contributed by atoms with Crippen LogP contribution in [0.2, 0.25) is 5.02 Å². The van der Waals surface area contributed by atoms with E-state index in [2.05, 4.69) is 0 Å². The van der Waals surface area contributed by atoms with Gasteiger partial charge in [-0.2, -0.15) is 0 Å². The van der Waals surface area contributed by atoms with Gasteiger partial charge in [-0.25, -0.2) is 4.74 Å². The topological polar surface area (TPSA) is 26.1 Å². The molecule has 0 aliphatic carbocycles. The van der Waals surface area contributed by atoms with Gasteiger partial charge in [0.1, 0.15) is 0 Å². The molecule has 0 saturated heterocycles. The van der Waals surface area contributed by atoms with Gasteiger partial charge in [0, 0.05) is 11.1 Å². The summed E-state index contributed by atoms with van der Waals surface area (Å²) >= 11 is 5.99. The molecule has 2 nitrogen and oxygen atoms in total. The first kappa shape index (κ1) is 11.7. The predicted octanol–water partition coefficient (Wildman–Crippen LogP) is 3.47. The van der Waals surface area contributed by atoms with Crippen LogP contribution in [0.1, 0.15) is 11.1 Å². The van der Waals surface area contributed by atoms with E-state index in [0.717, 1.165) is 15.9 Å². The van der Waals surface area contributed by atoms with Crippen LogP contribution in [0.25, 0.3) is 0 Å². The van der Waals surface area contributed by atoms with Crippen molar-refractivity contribution in [1.82, 2.24) is 0 Å². The lowest BCUT2D eigenvalue weighted by Crippen LogP contribution is -2.06. The first-order chi connectivity index (χ1) is 8.25. The van der Waals surface area contributed by atoms with Crippen molar-refractivity contribution < 1.29 is 4.74 Å². The van der Waals surface area contributed by atoms with Crippen molar-refractivity contribution in [2.24, 2.45) is 0 Å². The maximum absolute atomic E-state index is 11.7. The third-order valence-electron chi connectivity index (χ3n) is 2.38. The van der Waals surface area contributed by atoms with Gasteiger partial charge < -0.3 is 5.21 Å². The number of hydroxylamine groups is 1. The fourth-order valence-electron chi connectivity index (χ4n) is 1.55. The minimum atomic E-state index is 0.258. The Morgan fingerprint density at radius 3 is 2.35 bits per heavy atom. The lowest BCUT2D eigenvalue weighted by molar-refractivity contribution is -0.469. The molecule has 0 aliphatic heterocycles. The van der Waals surface area contributed by atoms with Crippen LogP contribution in [0.4, 0.5) is 0 Å². The summed E-state index contributed by atoms with van der Waals surface area (Å²) in [5, 5.41) is 12.4. The van der Waals surface area contributed by atoms with E-state index in [-0.39, 0.29) is 6.54 Å². The molecule has 0 fully saturated rings. The summed E-state index contributed by atoms with van der Waals surface area (Å²) in [6, 6.07) is 16.8. The van der Waals surface area contributed by atoms with Crippen molar-refractivity contribution in [2.75, 3.05) is 0 Å². The van der Waals surface area contributed by atoms with E-state index in [1.807, 2.05) is 48.5 Å². The van der Waals surface area contributed by atoms with Crippen LogP contribution in [0.3, 0.4) is 0 Å². The number of hydrogen-bond donors (Lipinski definition) is 0. The Hall–Kier alpha value is -1.80. The van der Waals surface area contributed by atoms with E-state index in [1.165, 1.54) is 0 Å². The van der Waals surface area contributed by atoms with Gasteiger partial charge in [-0.1, -0.05) is 48.0 Å². The maximum atomic E-state index is 11.7. The van der Waals surface area contributed by atoms with Crippen LogP contribution in [0, 0.1) is 5.21 Å². The Morgan fingerprint density at radius 1 is 1.00 bits per heavy atom. The van der Waals surface area contributed by atoms with Gasteiger partial charge in [-0.3, -0.25) is 0 Å². The first-order valence-corrected chi connectivity index (χ1v) is 5.70. The third-order valence-corrected chi connectivity index (χ3v) is 2.75. The van der Waals surface area contributed by atoms with E-state index >= 15 is 0 Å². The van der Waals surface area contributed by atoms with E-state index in [4.69, 9.17) is 11.6 Å². The summed E-state index contributed by atoms with van der Waals surface area (Å²) in [5.41, 5.74) is 1.71. The minimum Gasteiger partial charge on any atom is -0.624 e. The Morgan fingerprint density at radius 2 is 1.65 bits per heavy atom. The number of nitrogens with zero attached hydrogens (tertiary/aromatic N) is 1.